The molecule has 9 heteroatoms. The summed E-state index contributed by atoms with van der Waals surface area (Å²) in [6.45, 7) is 1.35. The van der Waals surface area contributed by atoms with Crippen molar-refractivity contribution >= 4 is 29.4 Å². The molecular weight excluding hydrogens is 440 g/mol. The van der Waals surface area contributed by atoms with Crippen LogP contribution in [0, 0.1) is 0 Å². The Kier molecular flexibility index (Phi) is 9.25. The molecule has 3 aromatic carbocycles. The topological polar surface area (TPSA) is 129 Å². The number of carbonyl (C=O) groups is 1. The SMILES string of the molecule is NC(=O)Nc1ccc(SNc2ccc(CCNCC(O)COc3ccc(O)cc3)cc2)cc1. The van der Waals surface area contributed by atoms with Crippen LogP contribution in [-0.2, 0) is 6.42 Å². The maximum atomic E-state index is 10.9. The predicted molar refractivity (Wildman–Crippen MR) is 132 cm³/mol. The van der Waals surface area contributed by atoms with Crippen LogP contribution in [0.5, 0.6) is 11.5 Å². The van der Waals surface area contributed by atoms with Crippen molar-refractivity contribution in [2.24, 2.45) is 5.73 Å². The van der Waals surface area contributed by atoms with Gasteiger partial charge in [-0.25, -0.2) is 4.79 Å². The second kappa shape index (κ2) is 12.6. The standard InChI is InChI=1S/C24H28N4O4S/c25-24(31)27-18-5-11-23(12-6-18)33-28-19-3-1-17(2-4-19)13-14-26-15-21(30)16-32-22-9-7-20(29)8-10-22/h1-12,21,26,28-30H,13-16H2,(H3,25,27,31). The molecule has 174 valence electrons. The maximum absolute atomic E-state index is 10.9. The van der Waals surface area contributed by atoms with Crippen LogP contribution < -0.4 is 25.8 Å². The summed E-state index contributed by atoms with van der Waals surface area (Å²) in [7, 11) is 0. The first kappa shape index (κ1) is 24.2. The lowest BCUT2D eigenvalue weighted by Crippen LogP contribution is -2.32. The van der Waals surface area contributed by atoms with E-state index in [9.17, 15) is 15.0 Å². The van der Waals surface area contributed by atoms with E-state index in [1.54, 1.807) is 36.4 Å². The molecule has 0 aliphatic carbocycles. The van der Waals surface area contributed by atoms with Crippen LogP contribution in [0.1, 0.15) is 5.56 Å². The number of phenols is 1. The molecule has 0 bridgehead atoms. The Morgan fingerprint density at radius 2 is 1.64 bits per heavy atom. The van der Waals surface area contributed by atoms with E-state index in [0.29, 0.717) is 18.0 Å². The molecule has 0 spiro atoms. The largest absolute Gasteiger partial charge is 0.508 e. The van der Waals surface area contributed by atoms with Crippen LogP contribution in [0.4, 0.5) is 16.2 Å². The molecule has 3 aromatic rings. The fourth-order valence-corrected chi connectivity index (χ4v) is 3.54. The summed E-state index contributed by atoms with van der Waals surface area (Å²) in [5, 5.41) is 25.1. The molecular formula is C24H28N4O4S. The Hall–Kier alpha value is -3.40. The number of rotatable bonds is 12. The number of aliphatic hydroxyl groups excluding tert-OH is 1. The van der Waals surface area contributed by atoms with E-state index in [1.807, 2.05) is 24.3 Å². The summed E-state index contributed by atoms with van der Waals surface area (Å²) in [6.07, 6.45) is 0.218. The lowest BCUT2D eigenvalue weighted by atomic mass is 10.1. The van der Waals surface area contributed by atoms with Crippen LogP contribution in [0.15, 0.2) is 77.7 Å². The number of amides is 2. The molecule has 3 rings (SSSR count). The number of urea groups is 1. The summed E-state index contributed by atoms with van der Waals surface area (Å²) < 4.78 is 8.78. The second-order valence-corrected chi connectivity index (χ2v) is 8.21. The first-order chi connectivity index (χ1) is 16.0. The number of anilines is 2. The van der Waals surface area contributed by atoms with E-state index >= 15 is 0 Å². The van der Waals surface area contributed by atoms with Gasteiger partial charge in [-0.05, 0) is 91.1 Å². The Bertz CT molecular complexity index is 998. The number of carbonyl (C=O) groups excluding carboxylic acids is 1. The van der Waals surface area contributed by atoms with Gasteiger partial charge in [0, 0.05) is 22.8 Å². The first-order valence-electron chi connectivity index (χ1n) is 10.5. The predicted octanol–water partition coefficient (Wildman–Crippen LogP) is 3.57. The van der Waals surface area contributed by atoms with Crippen LogP contribution in [0.25, 0.3) is 0 Å². The van der Waals surface area contributed by atoms with Crippen LogP contribution >= 0.6 is 11.9 Å². The molecule has 7 N–H and O–H groups in total. The van der Waals surface area contributed by atoms with Gasteiger partial charge in [-0.15, -0.1) is 0 Å². The quantitative estimate of drug-likeness (QED) is 0.177. The maximum Gasteiger partial charge on any atom is 0.316 e. The molecule has 0 saturated carbocycles. The molecule has 1 unspecified atom stereocenters. The minimum Gasteiger partial charge on any atom is -0.508 e. The number of hydrogen-bond donors (Lipinski definition) is 6. The van der Waals surface area contributed by atoms with Crippen molar-refractivity contribution in [1.82, 2.24) is 5.32 Å². The van der Waals surface area contributed by atoms with Gasteiger partial charge in [0.1, 0.15) is 24.2 Å². The summed E-state index contributed by atoms with van der Waals surface area (Å²) in [5.41, 5.74) is 7.93. The smallest absolute Gasteiger partial charge is 0.316 e. The minimum atomic E-state index is -0.622. The van der Waals surface area contributed by atoms with Crippen molar-refractivity contribution < 1.29 is 19.7 Å². The molecule has 0 aromatic heterocycles. The highest BCUT2D eigenvalue weighted by atomic mass is 32.2. The number of aliphatic hydroxyl groups is 1. The number of nitrogens with two attached hydrogens (primary N) is 1. The van der Waals surface area contributed by atoms with Crippen LogP contribution in [0.3, 0.4) is 0 Å². The van der Waals surface area contributed by atoms with E-state index in [-0.39, 0.29) is 12.4 Å². The minimum absolute atomic E-state index is 0.179. The van der Waals surface area contributed by atoms with E-state index in [2.05, 4.69) is 27.5 Å². The monoisotopic (exact) mass is 468 g/mol. The second-order valence-electron chi connectivity index (χ2n) is 7.33. The average molecular weight is 469 g/mol. The highest BCUT2D eigenvalue weighted by Gasteiger charge is 2.05. The van der Waals surface area contributed by atoms with Crippen molar-refractivity contribution in [2.75, 3.05) is 29.7 Å². The zero-order chi connectivity index (χ0) is 23.5. The third-order valence-corrected chi connectivity index (χ3v) is 5.46. The molecule has 1 atom stereocenters. The summed E-state index contributed by atoms with van der Waals surface area (Å²) in [4.78, 5) is 11.9. The van der Waals surface area contributed by atoms with Crippen molar-refractivity contribution in [3.63, 3.8) is 0 Å². The highest BCUT2D eigenvalue weighted by molar-refractivity contribution is 8.00. The number of ether oxygens (including phenoxy) is 1. The number of phenolic OH excluding ortho intramolecular Hbond substituents is 1. The van der Waals surface area contributed by atoms with Crippen LogP contribution in [0.2, 0.25) is 0 Å². The van der Waals surface area contributed by atoms with Gasteiger partial charge in [-0.1, -0.05) is 12.1 Å². The first-order valence-corrected chi connectivity index (χ1v) is 11.3. The fourth-order valence-electron chi connectivity index (χ4n) is 2.90. The number of benzene rings is 3. The van der Waals surface area contributed by atoms with Crippen molar-refractivity contribution in [2.45, 2.75) is 17.4 Å². The molecule has 0 aliphatic rings. The van der Waals surface area contributed by atoms with E-state index in [1.165, 1.54) is 17.5 Å². The van der Waals surface area contributed by atoms with E-state index < -0.39 is 12.1 Å². The number of nitrogens with one attached hydrogen (secondary N) is 3. The normalized spacial score (nSPS) is 11.5. The average Bonchev–Trinajstić information content (AvgIpc) is 2.81. The molecule has 0 saturated heterocycles. The number of primary amides is 1. The summed E-state index contributed by atoms with van der Waals surface area (Å²) >= 11 is 1.48. The Morgan fingerprint density at radius 1 is 0.970 bits per heavy atom. The Morgan fingerprint density at radius 3 is 2.30 bits per heavy atom. The van der Waals surface area contributed by atoms with E-state index in [0.717, 1.165) is 23.5 Å². The number of aromatic hydroxyl groups is 1. The van der Waals surface area contributed by atoms with Crippen molar-refractivity contribution in [3.8, 4) is 11.5 Å². The lowest BCUT2D eigenvalue weighted by Gasteiger charge is -2.13. The molecule has 8 nitrogen and oxygen atoms in total. The molecule has 0 fully saturated rings. The van der Waals surface area contributed by atoms with Gasteiger partial charge in [0.05, 0.1) is 0 Å². The molecule has 33 heavy (non-hydrogen) atoms. The summed E-state index contributed by atoms with van der Waals surface area (Å²) in [6, 6.07) is 21.4. The Balaban J connectivity index is 1.31. The third-order valence-electron chi connectivity index (χ3n) is 4.61. The van der Waals surface area contributed by atoms with Crippen molar-refractivity contribution in [1.29, 1.82) is 0 Å². The van der Waals surface area contributed by atoms with Gasteiger partial charge in [0.25, 0.3) is 0 Å². The molecule has 0 heterocycles. The fraction of sp³-hybridized carbons (Fsp3) is 0.208. The van der Waals surface area contributed by atoms with Gasteiger partial charge in [0.15, 0.2) is 0 Å². The van der Waals surface area contributed by atoms with Gasteiger partial charge in [-0.3, -0.25) is 0 Å². The highest BCUT2D eigenvalue weighted by Crippen LogP contribution is 2.23. The molecule has 0 radical (unpaired) electrons. The Labute approximate surface area is 197 Å². The van der Waals surface area contributed by atoms with Gasteiger partial charge in [-0.2, -0.15) is 0 Å². The van der Waals surface area contributed by atoms with Gasteiger partial charge >= 0.3 is 6.03 Å². The van der Waals surface area contributed by atoms with Gasteiger partial charge < -0.3 is 36.0 Å². The number of hydrogen-bond acceptors (Lipinski definition) is 7. The molecule has 0 aliphatic heterocycles. The van der Waals surface area contributed by atoms with E-state index in [4.69, 9.17) is 10.5 Å². The van der Waals surface area contributed by atoms with Crippen molar-refractivity contribution in [3.05, 3.63) is 78.4 Å². The van der Waals surface area contributed by atoms with Gasteiger partial charge in [0.2, 0.25) is 0 Å². The zero-order valence-electron chi connectivity index (χ0n) is 18.0. The van der Waals surface area contributed by atoms with Crippen LogP contribution in [-0.4, -0.2) is 42.0 Å². The summed E-state index contributed by atoms with van der Waals surface area (Å²) in [5.74, 6) is 0.786. The third kappa shape index (κ3) is 8.93. The zero-order valence-corrected chi connectivity index (χ0v) is 18.8. The molecule has 2 amide bonds. The lowest BCUT2D eigenvalue weighted by molar-refractivity contribution is 0.106.